The van der Waals surface area contributed by atoms with E-state index in [9.17, 15) is 10.2 Å². The molecule has 164 valence electrons. The molecule has 2 aromatic carbocycles. The Kier molecular flexibility index (Phi) is 3.50. The van der Waals surface area contributed by atoms with E-state index in [1.807, 2.05) is 12.1 Å². The van der Waals surface area contributed by atoms with Gasteiger partial charge in [0.1, 0.15) is 0 Å². The van der Waals surface area contributed by atoms with Crippen LogP contribution in [-0.2, 0) is 18.3 Å². The number of aromatic nitrogens is 1. The molecule has 1 aromatic heterocycles. The summed E-state index contributed by atoms with van der Waals surface area (Å²) in [4.78, 5) is 6.09. The van der Waals surface area contributed by atoms with Crippen molar-refractivity contribution in [3.05, 3.63) is 70.4 Å². The van der Waals surface area contributed by atoms with Gasteiger partial charge >= 0.3 is 0 Å². The van der Waals surface area contributed by atoms with E-state index in [0.717, 1.165) is 53.7 Å². The predicted molar refractivity (Wildman–Crippen MR) is 123 cm³/mol. The lowest BCUT2D eigenvalue weighted by molar-refractivity contribution is -0.170. The summed E-state index contributed by atoms with van der Waals surface area (Å²) in [5, 5.41) is 24.6. The lowest BCUT2D eigenvalue weighted by Gasteiger charge is -2.62. The van der Waals surface area contributed by atoms with Gasteiger partial charge in [0, 0.05) is 42.0 Å². The molecule has 0 radical (unpaired) electrons. The smallest absolute Gasteiger partial charge is 0.166 e. The van der Waals surface area contributed by atoms with Gasteiger partial charge in [0.2, 0.25) is 0 Å². The average molecular weight is 429 g/mol. The number of nitrogens with zero attached hydrogens (tertiary/aromatic N) is 1. The Morgan fingerprint density at radius 2 is 2.09 bits per heavy atom. The number of ether oxygens (including phenoxy) is 1. The quantitative estimate of drug-likeness (QED) is 0.537. The zero-order chi connectivity index (χ0) is 21.8. The van der Waals surface area contributed by atoms with Crippen molar-refractivity contribution < 1.29 is 14.9 Å². The number of piperidine rings is 1. The van der Waals surface area contributed by atoms with Crippen molar-refractivity contribution in [2.45, 2.75) is 56.3 Å². The Balaban J connectivity index is 1.51. The molecule has 3 heterocycles. The number of benzene rings is 2. The van der Waals surface area contributed by atoms with Gasteiger partial charge in [0.15, 0.2) is 17.6 Å². The Labute approximate surface area is 187 Å². The molecular formula is C27H28N2O3. The average Bonchev–Trinajstić information content (AvgIpc) is 3.30. The molecule has 32 heavy (non-hydrogen) atoms. The molecule has 3 aromatic rings. The van der Waals surface area contributed by atoms with Crippen LogP contribution in [0.15, 0.2) is 48.0 Å². The van der Waals surface area contributed by atoms with Crippen LogP contribution in [0.4, 0.5) is 0 Å². The lowest BCUT2D eigenvalue weighted by atomic mass is 9.49. The van der Waals surface area contributed by atoms with Crippen LogP contribution in [-0.4, -0.2) is 44.8 Å². The molecule has 1 saturated heterocycles. The number of rotatable bonds is 2. The first-order chi connectivity index (χ1) is 15.4. The van der Waals surface area contributed by atoms with E-state index in [2.05, 4.69) is 48.0 Å². The molecule has 7 rings (SSSR count). The van der Waals surface area contributed by atoms with Crippen LogP contribution in [0, 0.1) is 0 Å². The number of likely N-dealkylation sites (tertiary alicyclic amines) is 1. The van der Waals surface area contributed by atoms with E-state index in [1.165, 1.54) is 11.1 Å². The maximum absolute atomic E-state index is 12.7. The largest absolute Gasteiger partial charge is 0.504 e. The van der Waals surface area contributed by atoms with Crippen molar-refractivity contribution in [2.24, 2.45) is 0 Å². The van der Waals surface area contributed by atoms with Crippen molar-refractivity contribution in [2.75, 3.05) is 13.1 Å². The molecule has 0 amide bonds. The summed E-state index contributed by atoms with van der Waals surface area (Å²) in [6.45, 7) is 6.01. The second-order valence-corrected chi connectivity index (χ2v) is 10.3. The molecule has 2 bridgehead atoms. The first-order valence-electron chi connectivity index (χ1n) is 11.7. The molecule has 2 aliphatic carbocycles. The summed E-state index contributed by atoms with van der Waals surface area (Å²) in [7, 11) is 0. The molecule has 1 fully saturated rings. The molecule has 5 heteroatoms. The van der Waals surface area contributed by atoms with Crippen molar-refractivity contribution >= 4 is 10.9 Å². The number of H-pyrrole nitrogens is 1. The first kappa shape index (κ1) is 18.8. The predicted octanol–water partition coefficient (Wildman–Crippen LogP) is 4.13. The number of phenols is 1. The van der Waals surface area contributed by atoms with E-state index in [1.54, 1.807) is 6.07 Å². The van der Waals surface area contributed by atoms with Gasteiger partial charge in [-0.2, -0.15) is 0 Å². The number of allylic oxidation sites excluding steroid dienone is 1. The summed E-state index contributed by atoms with van der Waals surface area (Å²) < 4.78 is 6.59. The van der Waals surface area contributed by atoms with E-state index in [4.69, 9.17) is 4.74 Å². The maximum atomic E-state index is 12.7. The SMILES string of the molecule is CC(C)=CCN1CC[C@]23c4c5ccc(O)c4O[C@H]2c2[nH]c4ccccc4c2C[C@@]3(O)[C@@H]1C5. The van der Waals surface area contributed by atoms with Gasteiger partial charge in [0.05, 0.1) is 16.7 Å². The van der Waals surface area contributed by atoms with Gasteiger partial charge in [0.25, 0.3) is 0 Å². The standard InChI is InChI=1S/C27H28N2O3/c1-15(2)9-11-29-12-10-26-22-16-7-8-20(30)24(22)32-25(26)23-18(14-27(26,31)21(29)13-16)17-5-3-4-6-19(17)28-23/h3-9,21,25,28,30-31H,10-14H2,1-2H3/t21-,25-,26-,27+/m0/s1. The maximum Gasteiger partial charge on any atom is 0.166 e. The highest BCUT2D eigenvalue weighted by molar-refractivity contribution is 5.86. The summed E-state index contributed by atoms with van der Waals surface area (Å²) in [5.74, 6) is 0.756. The monoisotopic (exact) mass is 428 g/mol. The fourth-order valence-corrected chi connectivity index (χ4v) is 7.24. The number of aromatic hydroxyl groups is 1. The van der Waals surface area contributed by atoms with Gasteiger partial charge in [-0.1, -0.05) is 35.9 Å². The van der Waals surface area contributed by atoms with Crippen molar-refractivity contribution in [3.63, 3.8) is 0 Å². The first-order valence-corrected chi connectivity index (χ1v) is 11.7. The number of phenolic OH excluding ortho intramolecular Hbond substituents is 1. The van der Waals surface area contributed by atoms with Gasteiger partial charge in [-0.25, -0.2) is 0 Å². The molecule has 1 spiro atoms. The fourth-order valence-electron chi connectivity index (χ4n) is 7.24. The fraction of sp³-hybridized carbons (Fsp3) is 0.407. The van der Waals surface area contributed by atoms with Crippen molar-refractivity contribution in [1.82, 2.24) is 9.88 Å². The topological polar surface area (TPSA) is 68.7 Å². The van der Waals surface area contributed by atoms with Crippen LogP contribution in [0.25, 0.3) is 10.9 Å². The molecule has 5 nitrogen and oxygen atoms in total. The number of hydrogen-bond donors (Lipinski definition) is 3. The molecule has 2 aliphatic heterocycles. The number of fused-ring (bicyclic) bond motifs is 4. The van der Waals surface area contributed by atoms with Crippen LogP contribution < -0.4 is 4.74 Å². The number of para-hydroxylation sites is 1. The third-order valence-electron chi connectivity index (χ3n) is 8.61. The number of aliphatic hydroxyl groups is 1. The number of aromatic amines is 1. The summed E-state index contributed by atoms with van der Waals surface area (Å²) in [5.41, 5.74) is 5.35. The van der Waals surface area contributed by atoms with Crippen LogP contribution in [0.5, 0.6) is 11.5 Å². The van der Waals surface area contributed by atoms with E-state index in [0.29, 0.717) is 12.2 Å². The Morgan fingerprint density at radius 3 is 2.94 bits per heavy atom. The van der Waals surface area contributed by atoms with Crippen LogP contribution >= 0.6 is 0 Å². The van der Waals surface area contributed by atoms with Crippen LogP contribution in [0.3, 0.4) is 0 Å². The second kappa shape index (κ2) is 5.97. The van der Waals surface area contributed by atoms with E-state index >= 15 is 0 Å². The summed E-state index contributed by atoms with van der Waals surface area (Å²) in [6, 6.07) is 12.1. The summed E-state index contributed by atoms with van der Waals surface area (Å²) in [6.07, 6.45) is 4.11. The third-order valence-corrected chi connectivity index (χ3v) is 8.61. The highest BCUT2D eigenvalue weighted by Crippen LogP contribution is 2.68. The van der Waals surface area contributed by atoms with Crippen LogP contribution in [0.1, 0.15) is 48.8 Å². The van der Waals surface area contributed by atoms with E-state index in [-0.39, 0.29) is 17.9 Å². The third kappa shape index (κ3) is 2.02. The number of hydrogen-bond acceptors (Lipinski definition) is 4. The van der Waals surface area contributed by atoms with E-state index < -0.39 is 11.0 Å². The lowest BCUT2D eigenvalue weighted by Crippen LogP contribution is -2.74. The zero-order valence-corrected chi connectivity index (χ0v) is 18.5. The normalized spacial score (nSPS) is 31.7. The molecule has 4 atom stereocenters. The van der Waals surface area contributed by atoms with Crippen molar-refractivity contribution in [3.8, 4) is 11.5 Å². The van der Waals surface area contributed by atoms with Crippen LogP contribution in [0.2, 0.25) is 0 Å². The Morgan fingerprint density at radius 1 is 1.25 bits per heavy atom. The molecule has 0 unspecified atom stereocenters. The highest BCUT2D eigenvalue weighted by Gasteiger charge is 2.72. The Hall–Kier alpha value is -2.76. The van der Waals surface area contributed by atoms with Crippen molar-refractivity contribution in [1.29, 1.82) is 0 Å². The molecular weight excluding hydrogens is 400 g/mol. The molecule has 0 saturated carbocycles. The minimum absolute atomic E-state index is 0.00255. The van der Waals surface area contributed by atoms with Gasteiger partial charge < -0.3 is 19.9 Å². The minimum atomic E-state index is -0.963. The molecule has 3 N–H and O–H groups in total. The minimum Gasteiger partial charge on any atom is -0.504 e. The Bertz CT molecular complexity index is 1320. The van der Waals surface area contributed by atoms with Gasteiger partial charge in [-0.15, -0.1) is 0 Å². The number of nitrogens with one attached hydrogen (secondary N) is 1. The highest BCUT2D eigenvalue weighted by atomic mass is 16.5. The zero-order valence-electron chi connectivity index (χ0n) is 18.5. The van der Waals surface area contributed by atoms with Gasteiger partial charge in [-0.05, 0) is 49.9 Å². The van der Waals surface area contributed by atoms with Gasteiger partial charge in [-0.3, -0.25) is 4.90 Å². The summed E-state index contributed by atoms with van der Waals surface area (Å²) >= 11 is 0. The second-order valence-electron chi connectivity index (χ2n) is 10.3. The molecule has 4 aliphatic rings.